The van der Waals surface area contributed by atoms with E-state index in [1.165, 1.54) is 11.9 Å². The SMILES string of the molecule is C=C(Cc1ccn(C(C)C)c(=O)n1)c1ccccc1.C=C(Cc1nc(=O)n(C(C)C)cc1C)c1ccccc1.C=C1C=CN(C(C)C)C(=O)N1.C=C1NC=Nc2c1ncn2C(C)C.C=C1NCN(C(C)C)C=C1C.CC(C)n1cnc2c(CC(=O)c3ccccc3)ncnc21.CC(C)n1cnc2c(OCc3ccc(OC(=O)C(C)(C)C)cc3)nc(NC(=O)Cc3ccccc3)nc21. The lowest BCUT2D eigenvalue weighted by Gasteiger charge is -2.31. The van der Waals surface area contributed by atoms with Gasteiger partial charge in [-0.2, -0.15) is 19.9 Å². The number of allylic oxidation sites excluding steroid dienone is 4. The third kappa shape index (κ3) is 28.8. The second-order valence-electron chi connectivity index (χ2n) is 34.7. The van der Waals surface area contributed by atoms with Crippen molar-refractivity contribution in [2.45, 2.75) is 206 Å². The maximum atomic E-state index is 12.6. The van der Waals surface area contributed by atoms with E-state index in [0.29, 0.717) is 64.3 Å². The maximum Gasteiger partial charge on any atom is 0.348 e. The molecule has 0 saturated carbocycles. The topological polar surface area (TPSA) is 328 Å². The van der Waals surface area contributed by atoms with Gasteiger partial charge in [0.25, 0.3) is 0 Å². The van der Waals surface area contributed by atoms with Crippen LogP contribution in [0.25, 0.3) is 39.2 Å². The van der Waals surface area contributed by atoms with Crippen molar-refractivity contribution in [3.63, 3.8) is 0 Å². The number of aryl methyl sites for hydroxylation is 1. The highest BCUT2D eigenvalue weighted by molar-refractivity contribution is 5.99. The summed E-state index contributed by atoms with van der Waals surface area (Å²) in [5.74, 6) is 1.27. The Kier molecular flexibility index (Phi) is 36.2. The van der Waals surface area contributed by atoms with E-state index in [2.05, 4.69) is 164 Å². The first kappa shape index (κ1) is 101. The molecule has 0 unspecified atom stereocenters. The molecule has 15 rings (SSSR count). The Morgan fingerprint density at radius 1 is 0.530 bits per heavy atom. The molecule has 0 fully saturated rings. The van der Waals surface area contributed by atoms with Gasteiger partial charge in [0.05, 0.1) is 73.0 Å². The lowest BCUT2D eigenvalue weighted by atomic mass is 9.97. The summed E-state index contributed by atoms with van der Waals surface area (Å²) in [6, 6.07) is 49.2. The van der Waals surface area contributed by atoms with Crippen LogP contribution in [0.5, 0.6) is 11.6 Å². The van der Waals surface area contributed by atoms with Crippen molar-refractivity contribution in [2.24, 2.45) is 10.4 Å². The van der Waals surface area contributed by atoms with Crippen LogP contribution >= 0.6 is 0 Å². The van der Waals surface area contributed by atoms with E-state index in [0.717, 1.165) is 85.6 Å². The molecule has 12 aromatic rings. The summed E-state index contributed by atoms with van der Waals surface area (Å²) in [4.78, 5) is 119. The molecule has 4 N–H and O–H groups in total. The number of anilines is 1. The number of ketones is 1. The van der Waals surface area contributed by atoms with E-state index < -0.39 is 5.41 Å². The molecule has 690 valence electrons. The first-order valence-corrected chi connectivity index (χ1v) is 44.0. The van der Waals surface area contributed by atoms with Gasteiger partial charge >= 0.3 is 23.4 Å². The fourth-order valence-corrected chi connectivity index (χ4v) is 13.0. The van der Waals surface area contributed by atoms with Gasteiger partial charge < -0.3 is 44.0 Å². The van der Waals surface area contributed by atoms with Crippen LogP contribution in [0.15, 0.2) is 272 Å². The van der Waals surface area contributed by atoms with Gasteiger partial charge in [-0.15, -0.1) is 0 Å². The number of carbonyl (C=O) groups excluding carboxylic acids is 4. The lowest BCUT2D eigenvalue weighted by molar-refractivity contribution is -0.143. The number of aliphatic imine (C=N–C) groups is 1. The highest BCUT2D eigenvalue weighted by atomic mass is 16.5. The second kappa shape index (κ2) is 47.4. The maximum absolute atomic E-state index is 12.6. The minimum absolute atomic E-state index is 0.0368. The van der Waals surface area contributed by atoms with Gasteiger partial charge in [0.1, 0.15) is 29.9 Å². The van der Waals surface area contributed by atoms with Crippen molar-refractivity contribution < 1.29 is 28.7 Å². The Balaban J connectivity index is 0.000000181. The highest BCUT2D eigenvalue weighted by Gasteiger charge is 2.26. The molecule has 132 heavy (non-hydrogen) atoms. The Morgan fingerprint density at radius 3 is 1.64 bits per heavy atom. The molecule has 0 bridgehead atoms. The standard InChI is InChI=1S/C28H31N5O4.C17H20N2O.C16H16N4O.C16H18N2O.C9H12N4.C9H16N2.C8H12N2O/c1-18(2)33-17-29-23-24(33)31-27(30-22(34)15-19-9-7-6-8-10-19)32-25(23)36-16-20-11-13-21(14-12-20)37-26(35)28(3,4)5;1-12(2)19-11-14(4)16(18-17(19)20)10-13(3)15-8-6-5-7-9-15;1-11(2)20-10-19-15-13(17-9-18-16(15)20)8-14(21)12-6-4-3-5-7-12;1-12(2)18-10-9-15(17-16(18)19)11-13(3)14-7-5-4-6-8-14;1-6(2)13-5-12-8-7(3)10-4-11-9(8)13;1-7(2)11-5-8(3)9(4)10-6-11;1-6(2)10-5-4-7(3)9-8(10)11/h6-14,17-18H,15-16H2,1-5H3,(H,30,31,32,34);5-9,11-12H,3,10H2,1-2,4H3;3-7,9-11H,8H2,1-2H3;4-10,12H,3,11H2,1-2H3;4-6H,3H2,1-2H3,(H,10,11);5,7,10H,4,6H2,1-3H3;4-6H,3H2,1-2H3,(H,9,11). The molecule has 29 nitrogen and oxygen atoms in total. The largest absolute Gasteiger partial charge is 0.471 e. The number of carbonyl (C=O) groups is 4. The molecule has 3 aliphatic heterocycles. The monoisotopic (exact) mass is 1780 g/mol. The quantitative estimate of drug-likeness (QED) is 0.0263. The molecular weight excluding hydrogens is 1660 g/mol. The van der Waals surface area contributed by atoms with Crippen molar-refractivity contribution in [1.29, 1.82) is 0 Å². The van der Waals surface area contributed by atoms with Gasteiger partial charge in [-0.25, -0.2) is 44.3 Å². The molecule has 0 saturated heterocycles. The van der Waals surface area contributed by atoms with Crippen LogP contribution in [-0.4, -0.2) is 126 Å². The number of imidazole rings is 3. The first-order valence-electron chi connectivity index (χ1n) is 44.0. The van der Waals surface area contributed by atoms with Crippen LogP contribution < -0.4 is 42.1 Å². The molecule has 5 aromatic carbocycles. The van der Waals surface area contributed by atoms with Gasteiger partial charge in [-0.05, 0) is 200 Å². The van der Waals surface area contributed by atoms with E-state index in [9.17, 15) is 28.8 Å². The van der Waals surface area contributed by atoms with Gasteiger partial charge in [-0.1, -0.05) is 166 Å². The number of fused-ring (bicyclic) bond motifs is 3. The molecular formula is C103H125N21O8. The van der Waals surface area contributed by atoms with E-state index in [-0.39, 0.29) is 96.6 Å². The average molecular weight is 1790 g/mol. The van der Waals surface area contributed by atoms with Crippen LogP contribution in [-0.2, 0) is 41.9 Å². The summed E-state index contributed by atoms with van der Waals surface area (Å²) in [6.45, 7) is 58.6. The summed E-state index contributed by atoms with van der Waals surface area (Å²) >= 11 is 0. The molecule has 3 amide bonds. The van der Waals surface area contributed by atoms with Gasteiger partial charge in [0, 0.05) is 96.9 Å². The third-order valence-electron chi connectivity index (χ3n) is 20.8. The molecule has 3 aliphatic rings. The third-order valence-corrected chi connectivity index (χ3v) is 20.8. The molecule has 29 heteroatoms. The Hall–Kier alpha value is -14.9. The number of rotatable bonds is 23. The predicted octanol–water partition coefficient (Wildman–Crippen LogP) is 19.2. The fourth-order valence-electron chi connectivity index (χ4n) is 13.0. The number of esters is 1. The molecule has 0 atom stereocenters. The fraction of sp³-hybridized carbons (Fsp3) is 0.320. The average Bonchev–Trinajstić information content (AvgIpc) is 1.64. The first-order chi connectivity index (χ1) is 62.7. The highest BCUT2D eigenvalue weighted by Crippen LogP contribution is 2.31. The van der Waals surface area contributed by atoms with Crippen molar-refractivity contribution in [3.05, 3.63) is 335 Å². The molecule has 0 radical (unpaired) electrons. The van der Waals surface area contributed by atoms with Crippen LogP contribution in [0.2, 0.25) is 0 Å². The number of nitrogens with one attached hydrogen (secondary N) is 4. The normalized spacial score (nSPS) is 12.6. The number of urea groups is 1. The number of hydrogen-bond acceptors (Lipinski definition) is 21. The summed E-state index contributed by atoms with van der Waals surface area (Å²) in [7, 11) is 0. The number of hydrogen-bond donors (Lipinski definition) is 4. The van der Waals surface area contributed by atoms with Gasteiger partial charge in [-0.3, -0.25) is 33.7 Å². The Bertz CT molecular complexity index is 6230. The van der Waals surface area contributed by atoms with Gasteiger partial charge in [0.2, 0.25) is 17.7 Å². The lowest BCUT2D eigenvalue weighted by Crippen LogP contribution is -2.42. The number of ether oxygens (including phenoxy) is 2. The number of amides is 3. The van der Waals surface area contributed by atoms with Crippen molar-refractivity contribution in [2.75, 3.05) is 12.0 Å². The second-order valence-corrected chi connectivity index (χ2v) is 34.7. The van der Waals surface area contributed by atoms with E-state index in [4.69, 9.17) is 9.47 Å². The summed E-state index contributed by atoms with van der Waals surface area (Å²) in [5.41, 5.74) is 15.9. The van der Waals surface area contributed by atoms with Crippen LogP contribution in [0.3, 0.4) is 0 Å². The minimum atomic E-state index is -0.590. The zero-order chi connectivity index (χ0) is 96.2. The Morgan fingerprint density at radius 2 is 1.08 bits per heavy atom. The summed E-state index contributed by atoms with van der Waals surface area (Å²) in [5, 5.41) is 11.6. The molecule has 0 spiro atoms. The van der Waals surface area contributed by atoms with E-state index in [1.54, 1.807) is 90.7 Å². The van der Waals surface area contributed by atoms with Crippen molar-refractivity contribution in [3.8, 4) is 11.6 Å². The van der Waals surface area contributed by atoms with Crippen LogP contribution in [0, 0.1) is 12.3 Å². The number of Topliss-reactive ketones (excluding diaryl/α,β-unsaturated/α-hetero) is 1. The molecule has 0 aliphatic carbocycles. The molecule has 7 aromatic heterocycles. The zero-order valence-corrected chi connectivity index (χ0v) is 79.4. The summed E-state index contributed by atoms with van der Waals surface area (Å²) < 4.78 is 20.6. The zero-order valence-electron chi connectivity index (χ0n) is 79.4. The number of nitrogens with zero attached hydrogens (tertiary/aromatic N) is 17. The van der Waals surface area contributed by atoms with Crippen molar-refractivity contribution in [1.82, 2.24) is 93.4 Å². The van der Waals surface area contributed by atoms with Crippen LogP contribution in [0.1, 0.15) is 216 Å². The number of aromatic nitrogens is 14. The Labute approximate surface area is 773 Å². The molecule has 10 heterocycles. The smallest absolute Gasteiger partial charge is 0.348 e. The minimum Gasteiger partial charge on any atom is -0.471 e. The van der Waals surface area contributed by atoms with E-state index in [1.807, 2.05) is 222 Å². The number of benzene rings is 5. The van der Waals surface area contributed by atoms with Gasteiger partial charge in [0.15, 0.2) is 28.4 Å². The van der Waals surface area contributed by atoms with Crippen molar-refractivity contribution >= 4 is 81.0 Å². The van der Waals surface area contributed by atoms with Crippen LogP contribution in [0.4, 0.5) is 16.6 Å². The van der Waals surface area contributed by atoms with E-state index >= 15 is 0 Å². The summed E-state index contributed by atoms with van der Waals surface area (Å²) in [6.07, 6.45) is 19.4. The predicted molar refractivity (Wildman–Crippen MR) is 526 cm³/mol.